The lowest BCUT2D eigenvalue weighted by Gasteiger charge is -2.32. The molecule has 5 heteroatoms. The maximum Gasteiger partial charge on any atom is 0.303 e. The summed E-state index contributed by atoms with van der Waals surface area (Å²) in [7, 11) is 0. The van der Waals surface area contributed by atoms with E-state index < -0.39 is 5.97 Å². The molecule has 3 rings (SSSR count). The number of esters is 1. The van der Waals surface area contributed by atoms with Gasteiger partial charge in [0.1, 0.15) is 6.54 Å². The van der Waals surface area contributed by atoms with Crippen LogP contribution in [0.4, 0.5) is 0 Å². The number of carbonyl (C=O) groups is 2. The molecule has 2 aromatic carbocycles. The molecular weight excluding hydrogens is 304 g/mol. The summed E-state index contributed by atoms with van der Waals surface area (Å²) in [5.74, 6) is -0.516. The van der Waals surface area contributed by atoms with Crippen molar-refractivity contribution in [3.05, 3.63) is 48.0 Å². The largest absolute Gasteiger partial charge is 0.456 e. The minimum atomic E-state index is -0.413. The highest BCUT2D eigenvalue weighted by Gasteiger charge is 2.24. The Morgan fingerprint density at radius 1 is 1.08 bits per heavy atom. The zero-order chi connectivity index (χ0) is 16.9. The minimum absolute atomic E-state index is 0.102. The standard InChI is InChI=1S/C19H22N2O3/c1-15(22)24-14-19(23)21-11-9-20(10-12-21)13-17-7-4-6-16-5-2-3-8-18(16)17/h2-8H,9-14H2,1H3/p+1. The molecule has 5 nitrogen and oxygen atoms in total. The molecule has 0 aliphatic carbocycles. The molecule has 126 valence electrons. The van der Waals surface area contributed by atoms with Gasteiger partial charge in [-0.2, -0.15) is 0 Å². The van der Waals surface area contributed by atoms with Crippen molar-refractivity contribution in [2.24, 2.45) is 0 Å². The van der Waals surface area contributed by atoms with E-state index in [1.165, 1.54) is 28.2 Å². The van der Waals surface area contributed by atoms with Crippen LogP contribution in [-0.2, 0) is 20.9 Å². The van der Waals surface area contributed by atoms with Crippen molar-refractivity contribution in [1.29, 1.82) is 0 Å². The number of piperazine rings is 1. The van der Waals surface area contributed by atoms with Crippen LogP contribution in [0.1, 0.15) is 12.5 Å². The maximum atomic E-state index is 12.0. The van der Waals surface area contributed by atoms with Gasteiger partial charge in [-0.15, -0.1) is 0 Å². The number of amides is 1. The van der Waals surface area contributed by atoms with Crippen molar-refractivity contribution in [2.75, 3.05) is 32.8 Å². The zero-order valence-electron chi connectivity index (χ0n) is 14.0. The molecule has 0 unspecified atom stereocenters. The van der Waals surface area contributed by atoms with E-state index in [4.69, 9.17) is 4.74 Å². The summed E-state index contributed by atoms with van der Waals surface area (Å²) in [4.78, 5) is 26.0. The van der Waals surface area contributed by atoms with Crippen LogP contribution in [0.2, 0.25) is 0 Å². The number of benzene rings is 2. The molecule has 1 N–H and O–H groups in total. The molecule has 0 spiro atoms. The number of nitrogens with zero attached hydrogens (tertiary/aromatic N) is 1. The fourth-order valence-electron chi connectivity index (χ4n) is 3.22. The molecule has 0 aromatic heterocycles. The monoisotopic (exact) mass is 327 g/mol. The van der Waals surface area contributed by atoms with E-state index in [2.05, 4.69) is 42.5 Å². The Balaban J connectivity index is 1.57. The maximum absolute atomic E-state index is 12.0. The Morgan fingerprint density at radius 3 is 2.54 bits per heavy atom. The minimum Gasteiger partial charge on any atom is -0.456 e. The van der Waals surface area contributed by atoms with Crippen LogP contribution in [0, 0.1) is 0 Å². The molecular formula is C19H23N2O3+. The topological polar surface area (TPSA) is 51.1 Å². The molecule has 2 aromatic rings. The predicted octanol–water partition coefficient (Wildman–Crippen LogP) is 0.630. The summed E-state index contributed by atoms with van der Waals surface area (Å²) in [6, 6.07) is 14.9. The Labute approximate surface area is 141 Å². The van der Waals surface area contributed by atoms with Crippen LogP contribution in [0.5, 0.6) is 0 Å². The molecule has 1 saturated heterocycles. The number of ether oxygens (including phenoxy) is 1. The van der Waals surface area contributed by atoms with Crippen LogP contribution in [0.3, 0.4) is 0 Å². The lowest BCUT2D eigenvalue weighted by molar-refractivity contribution is -0.917. The van der Waals surface area contributed by atoms with Gasteiger partial charge in [0.2, 0.25) is 0 Å². The van der Waals surface area contributed by atoms with Crippen LogP contribution in [-0.4, -0.2) is 49.6 Å². The summed E-state index contributed by atoms with van der Waals surface area (Å²) >= 11 is 0. The van der Waals surface area contributed by atoms with Gasteiger partial charge in [-0.05, 0) is 10.8 Å². The number of rotatable bonds is 4. The number of quaternary nitrogens is 1. The van der Waals surface area contributed by atoms with Gasteiger partial charge >= 0.3 is 5.97 Å². The normalized spacial score (nSPS) is 15.5. The summed E-state index contributed by atoms with van der Waals surface area (Å²) in [6.45, 7) is 5.38. The van der Waals surface area contributed by atoms with Crippen molar-refractivity contribution in [3.63, 3.8) is 0 Å². The third-order valence-corrected chi connectivity index (χ3v) is 4.54. The van der Waals surface area contributed by atoms with Crippen LogP contribution >= 0.6 is 0 Å². The second-order valence-electron chi connectivity index (χ2n) is 6.23. The Hall–Kier alpha value is -2.40. The van der Waals surface area contributed by atoms with Crippen LogP contribution in [0.25, 0.3) is 10.8 Å². The van der Waals surface area contributed by atoms with Gasteiger partial charge in [-0.25, -0.2) is 0 Å². The highest BCUT2D eigenvalue weighted by molar-refractivity contribution is 5.85. The molecule has 1 heterocycles. The first-order valence-electron chi connectivity index (χ1n) is 8.35. The summed E-state index contributed by atoms with van der Waals surface area (Å²) in [5.41, 5.74) is 1.35. The second-order valence-corrected chi connectivity index (χ2v) is 6.23. The number of hydrogen-bond donors (Lipinski definition) is 1. The van der Waals surface area contributed by atoms with Crippen LogP contribution in [0.15, 0.2) is 42.5 Å². The van der Waals surface area contributed by atoms with E-state index in [1.807, 2.05) is 0 Å². The van der Waals surface area contributed by atoms with E-state index in [1.54, 1.807) is 4.90 Å². The number of hydrogen-bond acceptors (Lipinski definition) is 3. The molecule has 1 aliphatic heterocycles. The quantitative estimate of drug-likeness (QED) is 0.838. The average Bonchev–Trinajstić information content (AvgIpc) is 2.60. The third kappa shape index (κ3) is 3.92. The van der Waals surface area contributed by atoms with Crippen molar-refractivity contribution >= 4 is 22.6 Å². The first-order valence-corrected chi connectivity index (χ1v) is 8.35. The third-order valence-electron chi connectivity index (χ3n) is 4.54. The SMILES string of the molecule is CC(=O)OCC(=O)N1CC[NH+](Cc2cccc3ccccc23)CC1. The Morgan fingerprint density at radius 2 is 1.79 bits per heavy atom. The number of nitrogens with one attached hydrogen (secondary N) is 1. The number of fused-ring (bicyclic) bond motifs is 1. The van der Waals surface area contributed by atoms with Gasteiger partial charge in [-0.1, -0.05) is 42.5 Å². The van der Waals surface area contributed by atoms with Crippen molar-refractivity contribution in [2.45, 2.75) is 13.5 Å². The van der Waals surface area contributed by atoms with E-state index in [9.17, 15) is 9.59 Å². The van der Waals surface area contributed by atoms with Crippen molar-refractivity contribution in [1.82, 2.24) is 4.90 Å². The first kappa shape index (κ1) is 16.5. The predicted molar refractivity (Wildman–Crippen MR) is 91.6 cm³/mol. The fourth-order valence-corrected chi connectivity index (χ4v) is 3.22. The summed E-state index contributed by atoms with van der Waals surface area (Å²) < 4.78 is 4.79. The molecule has 0 atom stereocenters. The second kappa shape index (κ2) is 7.45. The zero-order valence-corrected chi connectivity index (χ0v) is 14.0. The first-order chi connectivity index (χ1) is 11.6. The molecule has 0 bridgehead atoms. The van der Waals surface area contributed by atoms with Gasteiger partial charge < -0.3 is 14.5 Å². The lowest BCUT2D eigenvalue weighted by atomic mass is 10.0. The van der Waals surface area contributed by atoms with Gasteiger partial charge in [0.15, 0.2) is 6.61 Å². The fraction of sp³-hybridized carbons (Fsp3) is 0.368. The van der Waals surface area contributed by atoms with E-state index in [0.717, 1.165) is 19.6 Å². The smallest absolute Gasteiger partial charge is 0.303 e. The van der Waals surface area contributed by atoms with E-state index in [0.29, 0.717) is 13.1 Å². The van der Waals surface area contributed by atoms with Crippen LogP contribution < -0.4 is 4.90 Å². The average molecular weight is 327 g/mol. The molecule has 0 radical (unpaired) electrons. The highest BCUT2D eigenvalue weighted by Crippen LogP contribution is 2.17. The lowest BCUT2D eigenvalue weighted by Crippen LogP contribution is -3.13. The van der Waals surface area contributed by atoms with Gasteiger partial charge in [0.25, 0.3) is 5.91 Å². The summed E-state index contributed by atoms with van der Waals surface area (Å²) in [5, 5.41) is 2.57. The van der Waals surface area contributed by atoms with Crippen molar-refractivity contribution < 1.29 is 19.2 Å². The van der Waals surface area contributed by atoms with Gasteiger partial charge in [-0.3, -0.25) is 9.59 Å². The summed E-state index contributed by atoms with van der Waals surface area (Å²) in [6.07, 6.45) is 0. The Kier molecular flexibility index (Phi) is 5.11. The molecule has 0 saturated carbocycles. The van der Waals surface area contributed by atoms with E-state index >= 15 is 0 Å². The van der Waals surface area contributed by atoms with E-state index in [-0.39, 0.29) is 12.5 Å². The molecule has 1 fully saturated rings. The molecule has 24 heavy (non-hydrogen) atoms. The van der Waals surface area contributed by atoms with Gasteiger partial charge in [0, 0.05) is 12.5 Å². The van der Waals surface area contributed by atoms with Crippen molar-refractivity contribution in [3.8, 4) is 0 Å². The molecule has 1 amide bonds. The molecule has 1 aliphatic rings. The Bertz CT molecular complexity index is 731. The van der Waals surface area contributed by atoms with Gasteiger partial charge in [0.05, 0.1) is 26.2 Å². The highest BCUT2D eigenvalue weighted by atomic mass is 16.5. The number of carbonyl (C=O) groups excluding carboxylic acids is 2.